The number of aromatic nitrogens is 1. The molecule has 7 heteroatoms. The van der Waals surface area contributed by atoms with Crippen LogP contribution >= 0.6 is 11.3 Å². The Morgan fingerprint density at radius 3 is 3.07 bits per heavy atom. The summed E-state index contributed by atoms with van der Waals surface area (Å²) in [5.41, 5.74) is 2.57. The van der Waals surface area contributed by atoms with Crippen molar-refractivity contribution in [2.75, 3.05) is 13.7 Å². The number of nitrogens with one attached hydrogen (secondary N) is 1. The molecule has 0 aliphatic heterocycles. The molecule has 0 bridgehead atoms. The number of alkyl carbamates (subject to hydrolysis) is 1. The van der Waals surface area contributed by atoms with Crippen LogP contribution in [0.1, 0.15) is 32.9 Å². The number of pyridine rings is 1. The highest BCUT2D eigenvalue weighted by Gasteiger charge is 2.27. The smallest absolute Gasteiger partial charge is 0.406 e. The predicted octanol–water partition coefficient (Wildman–Crippen LogP) is 3.30. The van der Waals surface area contributed by atoms with Gasteiger partial charge in [0.2, 0.25) is 0 Å². The molecule has 28 heavy (non-hydrogen) atoms. The SMILES string of the molecule is CNC(=O)OC[C@@H]1CCc2c(sc(CC(=O)/C=C/c3cccnc3)c2C#N)C1. The second-order valence-corrected chi connectivity index (χ2v) is 7.82. The summed E-state index contributed by atoms with van der Waals surface area (Å²) in [6.45, 7) is 0.362. The Bertz CT molecular complexity index is 928. The first-order chi connectivity index (χ1) is 13.6. The molecule has 1 atom stereocenters. The second-order valence-electron chi connectivity index (χ2n) is 6.63. The maximum Gasteiger partial charge on any atom is 0.406 e. The molecule has 0 radical (unpaired) electrons. The third-order valence-corrected chi connectivity index (χ3v) is 5.94. The molecule has 3 rings (SSSR count). The normalized spacial score (nSPS) is 15.6. The summed E-state index contributed by atoms with van der Waals surface area (Å²) < 4.78 is 5.17. The van der Waals surface area contributed by atoms with Gasteiger partial charge in [0.05, 0.1) is 12.2 Å². The zero-order chi connectivity index (χ0) is 19.9. The first-order valence-corrected chi connectivity index (χ1v) is 9.91. The number of amides is 1. The number of nitriles is 1. The number of nitrogens with zero attached hydrogens (tertiary/aromatic N) is 2. The van der Waals surface area contributed by atoms with E-state index in [4.69, 9.17) is 4.74 Å². The maximum atomic E-state index is 12.4. The number of rotatable bonds is 6. The maximum absolute atomic E-state index is 12.4. The third-order valence-electron chi connectivity index (χ3n) is 4.69. The number of allylic oxidation sites excluding steroid dienone is 1. The van der Waals surface area contributed by atoms with E-state index in [0.717, 1.165) is 40.1 Å². The molecule has 0 saturated carbocycles. The van der Waals surface area contributed by atoms with Crippen molar-refractivity contribution in [3.63, 3.8) is 0 Å². The van der Waals surface area contributed by atoms with Crippen LogP contribution in [-0.2, 0) is 28.8 Å². The molecule has 0 spiro atoms. The van der Waals surface area contributed by atoms with E-state index in [0.29, 0.717) is 12.2 Å². The third kappa shape index (κ3) is 4.84. The van der Waals surface area contributed by atoms with E-state index in [-0.39, 0.29) is 18.1 Å². The summed E-state index contributed by atoms with van der Waals surface area (Å²) in [6.07, 6.45) is 8.85. The van der Waals surface area contributed by atoms with Crippen LogP contribution in [0.2, 0.25) is 0 Å². The Labute approximate surface area is 167 Å². The number of hydrogen-bond donors (Lipinski definition) is 1. The average Bonchev–Trinajstić information content (AvgIpc) is 3.07. The predicted molar refractivity (Wildman–Crippen MR) is 107 cm³/mol. The number of thiophene rings is 1. The lowest BCUT2D eigenvalue weighted by Crippen LogP contribution is -2.25. The van der Waals surface area contributed by atoms with Crippen LogP contribution in [0.4, 0.5) is 4.79 Å². The van der Waals surface area contributed by atoms with Gasteiger partial charge >= 0.3 is 6.09 Å². The molecule has 144 valence electrons. The molecule has 0 saturated heterocycles. The second kappa shape index (κ2) is 9.29. The van der Waals surface area contributed by atoms with E-state index in [1.54, 1.807) is 18.5 Å². The molecule has 0 aromatic carbocycles. The van der Waals surface area contributed by atoms with Gasteiger partial charge < -0.3 is 10.1 Å². The van der Waals surface area contributed by atoms with Gasteiger partial charge in [-0.3, -0.25) is 9.78 Å². The van der Waals surface area contributed by atoms with E-state index in [1.807, 2.05) is 12.1 Å². The van der Waals surface area contributed by atoms with Crippen molar-refractivity contribution in [1.82, 2.24) is 10.3 Å². The van der Waals surface area contributed by atoms with Crippen LogP contribution in [0.5, 0.6) is 0 Å². The molecular formula is C21H21N3O3S. The molecule has 2 aromatic rings. The monoisotopic (exact) mass is 395 g/mol. The average molecular weight is 395 g/mol. The van der Waals surface area contributed by atoms with Crippen LogP contribution in [0, 0.1) is 17.2 Å². The first-order valence-electron chi connectivity index (χ1n) is 9.09. The van der Waals surface area contributed by atoms with Gasteiger partial charge in [-0.15, -0.1) is 11.3 Å². The number of carbonyl (C=O) groups is 2. The zero-order valence-electron chi connectivity index (χ0n) is 15.6. The van der Waals surface area contributed by atoms with Gasteiger partial charge in [-0.05, 0) is 54.5 Å². The lowest BCUT2D eigenvalue weighted by molar-refractivity contribution is -0.113. The fraction of sp³-hybridized carbons (Fsp3) is 0.333. The number of ether oxygens (including phenoxy) is 1. The largest absolute Gasteiger partial charge is 0.449 e. The molecule has 2 aromatic heterocycles. The van der Waals surface area contributed by atoms with Crippen molar-refractivity contribution in [1.29, 1.82) is 5.26 Å². The summed E-state index contributed by atoms with van der Waals surface area (Å²) in [5, 5.41) is 12.0. The van der Waals surface area contributed by atoms with E-state index in [9.17, 15) is 14.9 Å². The minimum atomic E-state index is -0.429. The lowest BCUT2D eigenvalue weighted by atomic mass is 9.87. The van der Waals surface area contributed by atoms with Crippen LogP contribution in [0.25, 0.3) is 6.08 Å². The molecule has 1 amide bonds. The summed E-state index contributed by atoms with van der Waals surface area (Å²) in [7, 11) is 1.53. The highest BCUT2D eigenvalue weighted by atomic mass is 32.1. The number of hydrogen-bond acceptors (Lipinski definition) is 6. The minimum Gasteiger partial charge on any atom is -0.449 e. The molecule has 1 aliphatic carbocycles. The number of carbonyl (C=O) groups excluding carboxylic acids is 2. The topological polar surface area (TPSA) is 92.1 Å². The van der Waals surface area contributed by atoms with Crippen LogP contribution in [0.15, 0.2) is 30.6 Å². The summed E-state index contributed by atoms with van der Waals surface area (Å²) >= 11 is 1.53. The summed E-state index contributed by atoms with van der Waals surface area (Å²) in [6, 6.07) is 5.98. The van der Waals surface area contributed by atoms with Crippen molar-refractivity contribution in [3.8, 4) is 6.07 Å². The fourth-order valence-corrected chi connectivity index (χ4v) is 4.68. The van der Waals surface area contributed by atoms with Gasteiger partial charge in [0, 0.05) is 35.6 Å². The Morgan fingerprint density at radius 2 is 2.36 bits per heavy atom. The molecule has 1 N–H and O–H groups in total. The fourth-order valence-electron chi connectivity index (χ4n) is 3.25. The molecule has 6 nitrogen and oxygen atoms in total. The molecular weight excluding hydrogens is 374 g/mol. The highest BCUT2D eigenvalue weighted by Crippen LogP contribution is 2.36. The van der Waals surface area contributed by atoms with E-state index in [1.165, 1.54) is 24.5 Å². The Kier molecular flexibility index (Phi) is 6.56. The van der Waals surface area contributed by atoms with Gasteiger partial charge in [0.1, 0.15) is 6.07 Å². The van der Waals surface area contributed by atoms with Crippen molar-refractivity contribution in [3.05, 3.63) is 57.0 Å². The van der Waals surface area contributed by atoms with Gasteiger partial charge in [-0.2, -0.15) is 5.26 Å². The van der Waals surface area contributed by atoms with Crippen molar-refractivity contribution in [2.24, 2.45) is 5.92 Å². The molecule has 2 heterocycles. The van der Waals surface area contributed by atoms with Crippen LogP contribution in [-0.4, -0.2) is 30.5 Å². The van der Waals surface area contributed by atoms with Gasteiger partial charge in [0.25, 0.3) is 0 Å². The number of ketones is 1. The zero-order valence-corrected chi connectivity index (χ0v) is 16.4. The standard InChI is InChI=1S/C21H21N3O3S/c1-23-21(26)27-13-15-5-7-17-18(11-22)20(28-19(17)9-15)10-16(25)6-4-14-3-2-8-24-12-14/h2-4,6,8,12,15H,5,7,9-10,13H2,1H3,(H,23,26)/b6-4+/t15-/m1/s1. The van der Waals surface area contributed by atoms with E-state index < -0.39 is 6.09 Å². The van der Waals surface area contributed by atoms with E-state index in [2.05, 4.69) is 16.4 Å². The quantitative estimate of drug-likeness (QED) is 0.758. The van der Waals surface area contributed by atoms with Crippen molar-refractivity contribution >= 4 is 29.3 Å². The van der Waals surface area contributed by atoms with E-state index >= 15 is 0 Å². The van der Waals surface area contributed by atoms with Gasteiger partial charge in [-0.1, -0.05) is 6.07 Å². The molecule has 1 aliphatic rings. The van der Waals surface area contributed by atoms with Crippen molar-refractivity contribution in [2.45, 2.75) is 25.7 Å². The van der Waals surface area contributed by atoms with Crippen molar-refractivity contribution < 1.29 is 14.3 Å². The Morgan fingerprint density at radius 1 is 1.50 bits per heavy atom. The Hall–Kier alpha value is -2.98. The van der Waals surface area contributed by atoms with Gasteiger partial charge in [0.15, 0.2) is 5.78 Å². The van der Waals surface area contributed by atoms with Crippen LogP contribution < -0.4 is 5.32 Å². The molecule has 0 fully saturated rings. The Balaban J connectivity index is 1.68. The van der Waals surface area contributed by atoms with Crippen LogP contribution in [0.3, 0.4) is 0 Å². The lowest BCUT2D eigenvalue weighted by Gasteiger charge is -2.21. The minimum absolute atomic E-state index is 0.0431. The van der Waals surface area contributed by atoms with Gasteiger partial charge in [-0.25, -0.2) is 4.79 Å². The summed E-state index contributed by atoms with van der Waals surface area (Å²) in [4.78, 5) is 29.6. The first kappa shape index (κ1) is 19.8. The number of fused-ring (bicyclic) bond motifs is 1. The highest BCUT2D eigenvalue weighted by molar-refractivity contribution is 7.12. The summed E-state index contributed by atoms with van der Waals surface area (Å²) in [5.74, 6) is 0.197. The molecule has 0 unspecified atom stereocenters.